The van der Waals surface area contributed by atoms with Gasteiger partial charge in [-0.2, -0.15) is 0 Å². The summed E-state index contributed by atoms with van der Waals surface area (Å²) in [6.07, 6.45) is 0. The summed E-state index contributed by atoms with van der Waals surface area (Å²) in [5, 5.41) is 3.08. The Hall–Kier alpha value is -3.15. The number of nitrogens with one attached hydrogen (secondary N) is 1. The quantitative estimate of drug-likeness (QED) is 0.714. The molecule has 3 aromatic rings. The molecule has 0 spiro atoms. The molecule has 30 heavy (non-hydrogen) atoms. The molecule has 2 amide bonds. The van der Waals surface area contributed by atoms with Crippen LogP contribution in [0.5, 0.6) is 0 Å². The Morgan fingerprint density at radius 2 is 1.83 bits per heavy atom. The van der Waals surface area contributed by atoms with Crippen LogP contribution in [0.25, 0.3) is 11.0 Å². The van der Waals surface area contributed by atoms with Crippen molar-refractivity contribution in [1.29, 1.82) is 0 Å². The van der Waals surface area contributed by atoms with Gasteiger partial charge in [0, 0.05) is 24.7 Å². The maximum Gasteiger partial charge on any atom is 0.290 e. The maximum absolute atomic E-state index is 12.9. The topological polar surface area (TPSA) is 67.2 Å². The zero-order valence-corrected chi connectivity index (χ0v) is 18.2. The summed E-state index contributed by atoms with van der Waals surface area (Å²) >= 11 is 0. The van der Waals surface area contributed by atoms with Crippen molar-refractivity contribution in [2.24, 2.45) is 0 Å². The van der Waals surface area contributed by atoms with Gasteiger partial charge in [0.2, 0.25) is 0 Å². The van der Waals surface area contributed by atoms with Gasteiger partial charge < -0.3 is 14.8 Å². The van der Waals surface area contributed by atoms with Crippen LogP contribution in [0.15, 0.2) is 36.4 Å². The Morgan fingerprint density at radius 1 is 1.07 bits per heavy atom. The number of fused-ring (bicyclic) bond motifs is 3. The highest BCUT2D eigenvalue weighted by Gasteiger charge is 2.29. The number of amides is 2. The maximum atomic E-state index is 12.9. The van der Waals surface area contributed by atoms with Crippen LogP contribution in [0, 0.1) is 13.8 Å². The minimum atomic E-state index is -0.148. The summed E-state index contributed by atoms with van der Waals surface area (Å²) in [6.45, 7) is 11.5. The second-order valence-electron chi connectivity index (χ2n) is 8.44. The molecule has 1 unspecified atom stereocenters. The van der Waals surface area contributed by atoms with Gasteiger partial charge in [-0.05, 0) is 63.9 Å². The van der Waals surface area contributed by atoms with E-state index >= 15 is 0 Å². The van der Waals surface area contributed by atoms with Crippen LogP contribution in [-0.2, 0) is 6.54 Å². The van der Waals surface area contributed by atoms with Gasteiger partial charge in [0.15, 0.2) is 5.82 Å². The van der Waals surface area contributed by atoms with Crippen molar-refractivity contribution in [2.75, 3.05) is 6.54 Å². The molecule has 0 bridgehead atoms. The standard InChI is InChI=1S/C24H28N4O2/c1-14(2)27-10-11-28-21-9-7-18(13-20(21)26-22(28)24(27)30)23(29)25-17(5)19-8-6-15(3)12-16(19)4/h6-9,12-14,17H,10-11H2,1-5H3,(H,25,29). The van der Waals surface area contributed by atoms with E-state index in [9.17, 15) is 9.59 Å². The Balaban J connectivity index is 1.59. The number of benzene rings is 2. The average Bonchev–Trinajstić information content (AvgIpc) is 3.06. The molecule has 156 valence electrons. The fourth-order valence-corrected chi connectivity index (χ4v) is 4.26. The second kappa shape index (κ2) is 7.59. The fraction of sp³-hybridized carbons (Fsp3) is 0.375. The van der Waals surface area contributed by atoms with Crippen LogP contribution in [-0.4, -0.2) is 38.9 Å². The van der Waals surface area contributed by atoms with E-state index in [0.717, 1.165) is 16.6 Å². The Labute approximate surface area is 176 Å². The first-order chi connectivity index (χ1) is 14.3. The minimum Gasteiger partial charge on any atom is -0.346 e. The first-order valence-electron chi connectivity index (χ1n) is 10.5. The highest BCUT2D eigenvalue weighted by atomic mass is 16.2. The van der Waals surface area contributed by atoms with E-state index in [-0.39, 0.29) is 23.9 Å². The van der Waals surface area contributed by atoms with Crippen molar-refractivity contribution < 1.29 is 9.59 Å². The summed E-state index contributed by atoms with van der Waals surface area (Å²) in [5.74, 6) is 0.249. The molecule has 6 nitrogen and oxygen atoms in total. The summed E-state index contributed by atoms with van der Waals surface area (Å²) in [7, 11) is 0. The first-order valence-corrected chi connectivity index (χ1v) is 10.5. The fourth-order valence-electron chi connectivity index (χ4n) is 4.26. The number of carbonyl (C=O) groups excluding carboxylic acids is 2. The van der Waals surface area contributed by atoms with Gasteiger partial charge in [-0.25, -0.2) is 4.98 Å². The Morgan fingerprint density at radius 3 is 2.53 bits per heavy atom. The van der Waals surface area contributed by atoms with E-state index in [1.807, 2.05) is 36.3 Å². The van der Waals surface area contributed by atoms with Crippen molar-refractivity contribution in [3.05, 3.63) is 64.5 Å². The normalized spacial score (nSPS) is 14.9. The number of nitrogens with zero attached hydrogens (tertiary/aromatic N) is 3. The molecular formula is C24H28N4O2. The van der Waals surface area contributed by atoms with Gasteiger partial charge in [-0.1, -0.05) is 23.8 Å². The molecule has 1 aliphatic rings. The molecule has 2 aromatic carbocycles. The second-order valence-corrected chi connectivity index (χ2v) is 8.44. The zero-order chi connectivity index (χ0) is 21.6. The Kier molecular flexibility index (Phi) is 5.10. The number of hydrogen-bond donors (Lipinski definition) is 1. The van der Waals surface area contributed by atoms with Crippen LogP contribution in [0.2, 0.25) is 0 Å². The van der Waals surface area contributed by atoms with E-state index < -0.39 is 0 Å². The lowest BCUT2D eigenvalue weighted by Gasteiger charge is -2.30. The number of imidazole rings is 1. The number of aromatic nitrogens is 2. The van der Waals surface area contributed by atoms with Crippen LogP contribution < -0.4 is 5.32 Å². The predicted octanol–water partition coefficient (Wildman–Crippen LogP) is 4.01. The van der Waals surface area contributed by atoms with Crippen LogP contribution in [0.4, 0.5) is 0 Å². The molecule has 1 N–H and O–H groups in total. The number of rotatable bonds is 4. The molecule has 6 heteroatoms. The number of hydrogen-bond acceptors (Lipinski definition) is 3. The lowest BCUT2D eigenvalue weighted by molar-refractivity contribution is 0.0643. The predicted molar refractivity (Wildman–Crippen MR) is 118 cm³/mol. The van der Waals surface area contributed by atoms with Crippen molar-refractivity contribution in [1.82, 2.24) is 19.8 Å². The Bertz CT molecular complexity index is 1150. The molecule has 0 saturated carbocycles. The van der Waals surface area contributed by atoms with Gasteiger partial charge >= 0.3 is 0 Å². The average molecular weight is 405 g/mol. The SMILES string of the molecule is Cc1ccc(C(C)NC(=O)c2ccc3c(c2)nc2n3CCN(C(C)C)C2=O)c(C)c1. The smallest absolute Gasteiger partial charge is 0.290 e. The van der Waals surface area contributed by atoms with Crippen molar-refractivity contribution in [3.63, 3.8) is 0 Å². The van der Waals surface area contributed by atoms with E-state index in [0.29, 0.717) is 30.0 Å². The van der Waals surface area contributed by atoms with Crippen LogP contribution >= 0.6 is 0 Å². The molecule has 1 aliphatic heterocycles. The van der Waals surface area contributed by atoms with Gasteiger partial charge in [-0.3, -0.25) is 9.59 Å². The molecule has 1 atom stereocenters. The van der Waals surface area contributed by atoms with Crippen molar-refractivity contribution >= 4 is 22.8 Å². The first kappa shape index (κ1) is 20.1. The van der Waals surface area contributed by atoms with Gasteiger partial charge in [-0.15, -0.1) is 0 Å². The summed E-state index contributed by atoms with van der Waals surface area (Å²) in [5.41, 5.74) is 5.58. The van der Waals surface area contributed by atoms with Gasteiger partial charge in [0.1, 0.15) is 0 Å². The van der Waals surface area contributed by atoms with Crippen molar-refractivity contribution in [3.8, 4) is 0 Å². The van der Waals surface area contributed by atoms with Crippen LogP contribution in [0.1, 0.15) is 64.5 Å². The highest BCUT2D eigenvalue weighted by molar-refractivity contribution is 6.00. The third-order valence-electron chi connectivity index (χ3n) is 5.89. The molecule has 0 saturated heterocycles. The van der Waals surface area contributed by atoms with E-state index in [1.54, 1.807) is 12.1 Å². The van der Waals surface area contributed by atoms with E-state index in [4.69, 9.17) is 0 Å². The molecule has 1 aromatic heterocycles. The number of aryl methyl sites for hydroxylation is 2. The lowest BCUT2D eigenvalue weighted by atomic mass is 10.00. The molecule has 2 heterocycles. The third kappa shape index (κ3) is 3.47. The molecule has 0 fully saturated rings. The summed E-state index contributed by atoms with van der Waals surface area (Å²) in [6, 6.07) is 11.7. The highest BCUT2D eigenvalue weighted by Crippen LogP contribution is 2.24. The number of carbonyl (C=O) groups is 2. The molecule has 4 rings (SSSR count). The minimum absolute atomic E-state index is 0.0538. The largest absolute Gasteiger partial charge is 0.346 e. The third-order valence-corrected chi connectivity index (χ3v) is 5.89. The van der Waals surface area contributed by atoms with E-state index in [2.05, 4.69) is 42.3 Å². The van der Waals surface area contributed by atoms with Crippen LogP contribution in [0.3, 0.4) is 0 Å². The van der Waals surface area contributed by atoms with Gasteiger partial charge in [0.05, 0.1) is 17.1 Å². The lowest BCUT2D eigenvalue weighted by Crippen LogP contribution is -2.44. The summed E-state index contributed by atoms with van der Waals surface area (Å²) in [4.78, 5) is 32.0. The monoisotopic (exact) mass is 404 g/mol. The molecular weight excluding hydrogens is 376 g/mol. The van der Waals surface area contributed by atoms with Gasteiger partial charge in [0.25, 0.3) is 11.8 Å². The molecule has 0 aliphatic carbocycles. The van der Waals surface area contributed by atoms with E-state index in [1.165, 1.54) is 5.56 Å². The molecule has 0 radical (unpaired) electrons. The van der Waals surface area contributed by atoms with Crippen molar-refractivity contribution in [2.45, 2.75) is 53.2 Å². The summed E-state index contributed by atoms with van der Waals surface area (Å²) < 4.78 is 1.95. The zero-order valence-electron chi connectivity index (χ0n) is 18.2.